The molecule has 1 heterocycles. The molecule has 0 aromatic carbocycles. The summed E-state index contributed by atoms with van der Waals surface area (Å²) in [6, 6.07) is 0. The molecule has 6 heteroatoms. The first-order chi connectivity index (χ1) is 7.27. The highest BCUT2D eigenvalue weighted by Crippen LogP contribution is 1.93. The molecule has 0 aliphatic carbocycles. The van der Waals surface area contributed by atoms with Crippen LogP contribution in [0.4, 0.5) is 0 Å². The van der Waals surface area contributed by atoms with Crippen molar-refractivity contribution in [2.24, 2.45) is 0 Å². The Hall–Kier alpha value is -1.85. The molecular formula is C9H14N4O2. The minimum atomic E-state index is -0.389. The SMILES string of the molecule is CCn1cnnc1CN/C=C/C(=O)OC. The molecule has 6 nitrogen and oxygen atoms in total. The predicted octanol–water partition coefficient (Wildman–Crippen LogP) is 0.0743. The van der Waals surface area contributed by atoms with Crippen LogP contribution in [0.2, 0.25) is 0 Å². The molecule has 82 valence electrons. The van der Waals surface area contributed by atoms with Gasteiger partial charge in [0.2, 0.25) is 0 Å². The minimum Gasteiger partial charge on any atom is -0.466 e. The highest BCUT2D eigenvalue weighted by Gasteiger charge is 1.99. The second kappa shape index (κ2) is 5.79. The summed E-state index contributed by atoms with van der Waals surface area (Å²) in [5, 5.41) is 10.6. The molecule has 15 heavy (non-hydrogen) atoms. The van der Waals surface area contributed by atoms with E-state index >= 15 is 0 Å². The number of carbonyl (C=O) groups excluding carboxylic acids is 1. The summed E-state index contributed by atoms with van der Waals surface area (Å²) >= 11 is 0. The Morgan fingerprint density at radius 1 is 1.73 bits per heavy atom. The zero-order chi connectivity index (χ0) is 11.1. The summed E-state index contributed by atoms with van der Waals surface area (Å²) in [5.74, 6) is 0.437. The second-order valence-corrected chi connectivity index (χ2v) is 2.77. The van der Waals surface area contributed by atoms with Gasteiger partial charge < -0.3 is 14.6 Å². The highest BCUT2D eigenvalue weighted by atomic mass is 16.5. The van der Waals surface area contributed by atoms with Crippen LogP contribution in [0.1, 0.15) is 12.7 Å². The van der Waals surface area contributed by atoms with Crippen molar-refractivity contribution >= 4 is 5.97 Å². The van der Waals surface area contributed by atoms with Crippen molar-refractivity contribution in [3.63, 3.8) is 0 Å². The summed E-state index contributed by atoms with van der Waals surface area (Å²) in [5.41, 5.74) is 0. The maximum absolute atomic E-state index is 10.7. The second-order valence-electron chi connectivity index (χ2n) is 2.77. The van der Waals surface area contributed by atoms with Crippen LogP contribution >= 0.6 is 0 Å². The van der Waals surface area contributed by atoms with E-state index in [9.17, 15) is 4.79 Å². The standard InChI is InChI=1S/C9H14N4O2/c1-3-13-7-11-12-8(13)6-10-5-4-9(14)15-2/h4-5,7,10H,3,6H2,1-2H3/b5-4+. The van der Waals surface area contributed by atoms with Crippen LogP contribution in [0.3, 0.4) is 0 Å². The summed E-state index contributed by atoms with van der Waals surface area (Å²) < 4.78 is 6.35. The Kier molecular flexibility index (Phi) is 4.33. The van der Waals surface area contributed by atoms with Gasteiger partial charge in [-0.1, -0.05) is 0 Å². The number of hydrogen-bond acceptors (Lipinski definition) is 5. The van der Waals surface area contributed by atoms with Crippen molar-refractivity contribution in [1.29, 1.82) is 0 Å². The number of methoxy groups -OCH3 is 1. The number of carbonyl (C=O) groups is 1. The molecular weight excluding hydrogens is 196 g/mol. The van der Waals surface area contributed by atoms with Crippen molar-refractivity contribution in [2.75, 3.05) is 7.11 Å². The molecule has 0 atom stereocenters. The van der Waals surface area contributed by atoms with E-state index in [1.807, 2.05) is 11.5 Å². The van der Waals surface area contributed by atoms with Crippen LogP contribution in [-0.2, 0) is 22.6 Å². The molecule has 1 N–H and O–H groups in total. The zero-order valence-corrected chi connectivity index (χ0v) is 8.80. The van der Waals surface area contributed by atoms with Crippen LogP contribution in [0.15, 0.2) is 18.6 Å². The molecule has 0 fully saturated rings. The third kappa shape index (κ3) is 3.41. The minimum absolute atomic E-state index is 0.389. The third-order valence-electron chi connectivity index (χ3n) is 1.84. The van der Waals surface area contributed by atoms with Gasteiger partial charge in [0.05, 0.1) is 13.7 Å². The normalized spacial score (nSPS) is 10.5. The lowest BCUT2D eigenvalue weighted by atomic mass is 10.5. The predicted molar refractivity (Wildman–Crippen MR) is 53.7 cm³/mol. The first-order valence-corrected chi connectivity index (χ1v) is 4.62. The summed E-state index contributed by atoms with van der Waals surface area (Å²) in [6.45, 7) is 3.36. The first-order valence-electron chi connectivity index (χ1n) is 4.62. The number of ether oxygens (including phenoxy) is 1. The molecule has 0 aliphatic rings. The smallest absolute Gasteiger partial charge is 0.331 e. The molecule has 1 aromatic rings. The molecule has 0 saturated carbocycles. The van der Waals surface area contributed by atoms with Gasteiger partial charge in [-0.2, -0.15) is 0 Å². The van der Waals surface area contributed by atoms with Crippen LogP contribution in [-0.4, -0.2) is 27.8 Å². The number of aryl methyl sites for hydroxylation is 1. The van der Waals surface area contributed by atoms with E-state index in [0.29, 0.717) is 6.54 Å². The summed E-state index contributed by atoms with van der Waals surface area (Å²) in [4.78, 5) is 10.7. The van der Waals surface area contributed by atoms with Crippen molar-refractivity contribution in [1.82, 2.24) is 20.1 Å². The topological polar surface area (TPSA) is 69.0 Å². The zero-order valence-electron chi connectivity index (χ0n) is 8.80. The van der Waals surface area contributed by atoms with Crippen LogP contribution in [0.5, 0.6) is 0 Å². The number of nitrogens with one attached hydrogen (secondary N) is 1. The highest BCUT2D eigenvalue weighted by molar-refractivity contribution is 5.81. The largest absolute Gasteiger partial charge is 0.466 e. The fourth-order valence-corrected chi connectivity index (χ4v) is 1.03. The monoisotopic (exact) mass is 210 g/mol. The molecule has 0 bridgehead atoms. The van der Waals surface area contributed by atoms with Gasteiger partial charge >= 0.3 is 5.97 Å². The van der Waals surface area contributed by atoms with Crippen molar-refractivity contribution in [3.8, 4) is 0 Å². The van der Waals surface area contributed by atoms with Gasteiger partial charge in [-0.3, -0.25) is 0 Å². The van der Waals surface area contributed by atoms with Crippen molar-refractivity contribution in [2.45, 2.75) is 20.0 Å². The molecule has 0 aliphatic heterocycles. The number of rotatable bonds is 5. The molecule has 0 spiro atoms. The summed E-state index contributed by atoms with van der Waals surface area (Å²) in [7, 11) is 1.33. The summed E-state index contributed by atoms with van der Waals surface area (Å²) in [6.07, 6.45) is 4.51. The first kappa shape index (κ1) is 11.2. The lowest BCUT2D eigenvalue weighted by Crippen LogP contribution is -2.11. The maximum Gasteiger partial charge on any atom is 0.331 e. The van der Waals surface area contributed by atoms with Crippen LogP contribution in [0, 0.1) is 0 Å². The van der Waals surface area contributed by atoms with Gasteiger partial charge in [-0.25, -0.2) is 4.79 Å². The average Bonchev–Trinajstić information content (AvgIpc) is 2.71. The Bertz CT molecular complexity index is 346. The van der Waals surface area contributed by atoms with E-state index in [1.165, 1.54) is 19.4 Å². The van der Waals surface area contributed by atoms with Crippen molar-refractivity contribution in [3.05, 3.63) is 24.4 Å². The van der Waals surface area contributed by atoms with E-state index in [4.69, 9.17) is 0 Å². The van der Waals surface area contributed by atoms with Gasteiger partial charge in [0, 0.05) is 18.8 Å². The third-order valence-corrected chi connectivity index (χ3v) is 1.84. The molecule has 1 rings (SSSR count). The molecule has 0 saturated heterocycles. The maximum atomic E-state index is 10.7. The Morgan fingerprint density at radius 3 is 3.20 bits per heavy atom. The van der Waals surface area contributed by atoms with E-state index in [0.717, 1.165) is 12.4 Å². The lowest BCUT2D eigenvalue weighted by Gasteiger charge is -2.02. The number of esters is 1. The van der Waals surface area contributed by atoms with Gasteiger partial charge in [0.1, 0.15) is 6.33 Å². The number of hydrogen-bond donors (Lipinski definition) is 1. The van der Waals surface area contributed by atoms with Gasteiger partial charge in [-0.05, 0) is 6.92 Å². The van der Waals surface area contributed by atoms with E-state index in [1.54, 1.807) is 6.33 Å². The molecule has 0 unspecified atom stereocenters. The molecule has 0 amide bonds. The lowest BCUT2D eigenvalue weighted by molar-refractivity contribution is -0.134. The quantitative estimate of drug-likeness (QED) is 0.550. The van der Waals surface area contributed by atoms with Crippen LogP contribution in [0.25, 0.3) is 0 Å². The Morgan fingerprint density at radius 2 is 2.53 bits per heavy atom. The van der Waals surface area contributed by atoms with Crippen molar-refractivity contribution < 1.29 is 9.53 Å². The molecule has 0 radical (unpaired) electrons. The number of nitrogens with zero attached hydrogens (tertiary/aromatic N) is 3. The van der Waals surface area contributed by atoms with Crippen LogP contribution < -0.4 is 5.32 Å². The number of aromatic nitrogens is 3. The van der Waals surface area contributed by atoms with E-state index in [2.05, 4.69) is 20.3 Å². The van der Waals surface area contributed by atoms with E-state index < -0.39 is 0 Å². The fraction of sp³-hybridized carbons (Fsp3) is 0.444. The van der Waals surface area contributed by atoms with Gasteiger partial charge in [0.15, 0.2) is 5.82 Å². The van der Waals surface area contributed by atoms with Gasteiger partial charge in [-0.15, -0.1) is 10.2 Å². The average molecular weight is 210 g/mol. The fourth-order valence-electron chi connectivity index (χ4n) is 1.03. The van der Waals surface area contributed by atoms with Gasteiger partial charge in [0.25, 0.3) is 0 Å². The van der Waals surface area contributed by atoms with E-state index in [-0.39, 0.29) is 5.97 Å². The molecule has 1 aromatic heterocycles. The Balaban J connectivity index is 2.37. The Labute approximate surface area is 87.9 Å².